The molecule has 0 bridgehead atoms. The van der Waals surface area contributed by atoms with Gasteiger partial charge in [-0.1, -0.05) is 0 Å². The molecule has 1 aromatic carbocycles. The fourth-order valence-corrected chi connectivity index (χ4v) is 1.07. The topological polar surface area (TPSA) is 29.4 Å². The van der Waals surface area contributed by atoms with Gasteiger partial charge in [0.2, 0.25) is 6.08 Å². The summed E-state index contributed by atoms with van der Waals surface area (Å²) in [4.78, 5) is 12.9. The first-order chi connectivity index (χ1) is 5.24. The second kappa shape index (κ2) is 3.59. The number of nitrogens with zero attached hydrogens (tertiary/aromatic N) is 1. The standard InChI is InChI=1S/C7H3FINO/c8-6-3-5(9)1-2-7(6)10-4-11/h1-3H. The van der Waals surface area contributed by atoms with Gasteiger partial charge in [-0.25, -0.2) is 9.18 Å². The van der Waals surface area contributed by atoms with Crippen LogP contribution >= 0.6 is 22.6 Å². The molecule has 0 saturated carbocycles. The average molecular weight is 263 g/mol. The molecule has 56 valence electrons. The quantitative estimate of drug-likeness (QED) is 0.434. The van der Waals surface area contributed by atoms with E-state index in [1.165, 1.54) is 18.2 Å². The molecule has 0 amide bonds. The van der Waals surface area contributed by atoms with E-state index in [0.717, 1.165) is 3.57 Å². The molecule has 2 nitrogen and oxygen atoms in total. The summed E-state index contributed by atoms with van der Waals surface area (Å²) in [5.74, 6) is -0.500. The maximum absolute atomic E-state index is 12.8. The minimum atomic E-state index is -0.500. The van der Waals surface area contributed by atoms with E-state index in [-0.39, 0.29) is 5.69 Å². The molecule has 1 aromatic rings. The Balaban J connectivity index is 3.19. The molecule has 0 fully saturated rings. The van der Waals surface area contributed by atoms with Gasteiger partial charge >= 0.3 is 0 Å². The van der Waals surface area contributed by atoms with Gasteiger partial charge in [-0.3, -0.25) is 0 Å². The Kier molecular flexibility index (Phi) is 2.73. The van der Waals surface area contributed by atoms with E-state index in [2.05, 4.69) is 4.99 Å². The summed E-state index contributed by atoms with van der Waals surface area (Å²) < 4.78 is 13.5. The number of isocyanates is 1. The molecule has 0 radical (unpaired) electrons. The van der Waals surface area contributed by atoms with Gasteiger partial charge in [0.05, 0.1) is 0 Å². The van der Waals surface area contributed by atoms with Crippen molar-refractivity contribution < 1.29 is 9.18 Å². The van der Waals surface area contributed by atoms with Crippen molar-refractivity contribution in [2.24, 2.45) is 4.99 Å². The Morgan fingerprint density at radius 3 is 2.82 bits per heavy atom. The first-order valence-corrected chi connectivity index (χ1v) is 3.85. The lowest BCUT2D eigenvalue weighted by molar-refractivity contribution is 0.564. The van der Waals surface area contributed by atoms with E-state index in [1.807, 2.05) is 22.6 Å². The second-order valence-corrected chi connectivity index (χ2v) is 3.04. The summed E-state index contributed by atoms with van der Waals surface area (Å²) in [6, 6.07) is 4.40. The van der Waals surface area contributed by atoms with E-state index in [9.17, 15) is 9.18 Å². The van der Waals surface area contributed by atoms with Crippen molar-refractivity contribution in [3.8, 4) is 0 Å². The number of carbonyl (C=O) groups excluding carboxylic acids is 1. The van der Waals surface area contributed by atoms with Gasteiger partial charge in [0.1, 0.15) is 5.69 Å². The predicted molar refractivity (Wildman–Crippen MR) is 46.9 cm³/mol. The fourth-order valence-electron chi connectivity index (χ4n) is 0.621. The highest BCUT2D eigenvalue weighted by Crippen LogP contribution is 2.18. The van der Waals surface area contributed by atoms with Crippen molar-refractivity contribution in [1.29, 1.82) is 0 Å². The van der Waals surface area contributed by atoms with Crippen LogP contribution in [-0.4, -0.2) is 6.08 Å². The van der Waals surface area contributed by atoms with Gasteiger partial charge in [0.15, 0.2) is 5.82 Å². The molecular weight excluding hydrogens is 260 g/mol. The lowest BCUT2D eigenvalue weighted by atomic mass is 10.3. The van der Waals surface area contributed by atoms with Crippen LogP contribution in [0.3, 0.4) is 0 Å². The molecule has 0 aliphatic carbocycles. The van der Waals surface area contributed by atoms with Crippen LogP contribution in [0.4, 0.5) is 10.1 Å². The molecule has 0 atom stereocenters. The maximum atomic E-state index is 12.8. The number of hydrogen-bond donors (Lipinski definition) is 0. The highest BCUT2D eigenvalue weighted by Gasteiger charge is 1.99. The van der Waals surface area contributed by atoms with Crippen molar-refractivity contribution in [3.63, 3.8) is 0 Å². The molecule has 0 heterocycles. The molecule has 4 heteroatoms. The van der Waals surface area contributed by atoms with Crippen molar-refractivity contribution in [3.05, 3.63) is 27.6 Å². The smallest absolute Gasteiger partial charge is 0.211 e. The number of aliphatic imine (C=N–C) groups is 1. The van der Waals surface area contributed by atoms with Gasteiger partial charge < -0.3 is 0 Å². The Hall–Kier alpha value is -0.740. The van der Waals surface area contributed by atoms with Crippen molar-refractivity contribution in [2.45, 2.75) is 0 Å². The Morgan fingerprint density at radius 2 is 2.27 bits per heavy atom. The van der Waals surface area contributed by atoms with Crippen LogP contribution in [0.5, 0.6) is 0 Å². The number of halogens is 2. The normalized spacial score (nSPS) is 8.91. The molecule has 11 heavy (non-hydrogen) atoms. The highest BCUT2D eigenvalue weighted by atomic mass is 127. The van der Waals surface area contributed by atoms with Gasteiger partial charge in [-0.05, 0) is 40.8 Å². The van der Waals surface area contributed by atoms with Crippen molar-refractivity contribution >= 4 is 34.4 Å². The van der Waals surface area contributed by atoms with Crippen LogP contribution in [-0.2, 0) is 4.79 Å². The minimum absolute atomic E-state index is 0.0282. The summed E-state index contributed by atoms with van der Waals surface area (Å²) in [5, 5.41) is 0. The Morgan fingerprint density at radius 1 is 1.55 bits per heavy atom. The van der Waals surface area contributed by atoms with Crippen LogP contribution in [0, 0.1) is 9.39 Å². The molecule has 0 saturated heterocycles. The van der Waals surface area contributed by atoms with Gasteiger partial charge in [-0.15, -0.1) is 0 Å². The second-order valence-electron chi connectivity index (χ2n) is 1.80. The van der Waals surface area contributed by atoms with E-state index < -0.39 is 5.82 Å². The Labute approximate surface area is 76.3 Å². The summed E-state index contributed by atoms with van der Waals surface area (Å²) >= 11 is 1.97. The average Bonchev–Trinajstić information content (AvgIpc) is 1.95. The zero-order valence-corrected chi connectivity index (χ0v) is 7.50. The summed E-state index contributed by atoms with van der Waals surface area (Å²) in [6.45, 7) is 0. The number of hydrogen-bond acceptors (Lipinski definition) is 2. The molecule has 0 aromatic heterocycles. The molecule has 0 unspecified atom stereocenters. The molecule has 0 spiro atoms. The molecular formula is C7H3FINO. The summed E-state index contributed by atoms with van der Waals surface area (Å²) in [6.07, 6.45) is 1.28. The lowest BCUT2D eigenvalue weighted by Crippen LogP contribution is -1.76. The third kappa shape index (κ3) is 2.10. The predicted octanol–water partition coefficient (Wildman–Crippen LogP) is 2.40. The van der Waals surface area contributed by atoms with Gasteiger partial charge in [0, 0.05) is 3.57 Å². The fraction of sp³-hybridized carbons (Fsp3) is 0. The van der Waals surface area contributed by atoms with Crippen LogP contribution in [0.15, 0.2) is 23.2 Å². The van der Waals surface area contributed by atoms with Gasteiger partial charge in [0.25, 0.3) is 0 Å². The summed E-state index contributed by atoms with van der Waals surface area (Å²) in [7, 11) is 0. The van der Waals surface area contributed by atoms with E-state index in [4.69, 9.17) is 0 Å². The molecule has 0 N–H and O–H groups in total. The maximum Gasteiger partial charge on any atom is 0.240 e. The van der Waals surface area contributed by atoms with E-state index in [1.54, 1.807) is 6.07 Å². The first-order valence-electron chi connectivity index (χ1n) is 2.77. The van der Waals surface area contributed by atoms with Crippen LogP contribution < -0.4 is 0 Å². The number of benzene rings is 1. The van der Waals surface area contributed by atoms with Crippen LogP contribution in [0.2, 0.25) is 0 Å². The van der Waals surface area contributed by atoms with E-state index >= 15 is 0 Å². The lowest BCUT2D eigenvalue weighted by Gasteiger charge is -1.93. The zero-order valence-electron chi connectivity index (χ0n) is 5.34. The van der Waals surface area contributed by atoms with Crippen LogP contribution in [0.1, 0.15) is 0 Å². The number of rotatable bonds is 1. The minimum Gasteiger partial charge on any atom is -0.211 e. The van der Waals surface area contributed by atoms with Crippen molar-refractivity contribution in [1.82, 2.24) is 0 Å². The molecule has 0 aliphatic heterocycles. The Bertz CT molecular complexity index is 320. The van der Waals surface area contributed by atoms with Gasteiger partial charge in [-0.2, -0.15) is 4.99 Å². The first kappa shape index (κ1) is 8.36. The molecule has 0 aliphatic rings. The molecule has 1 rings (SSSR count). The zero-order chi connectivity index (χ0) is 8.27. The third-order valence-electron chi connectivity index (χ3n) is 1.08. The third-order valence-corrected chi connectivity index (χ3v) is 1.75. The summed E-state index contributed by atoms with van der Waals surface area (Å²) in [5.41, 5.74) is 0.0282. The largest absolute Gasteiger partial charge is 0.240 e. The van der Waals surface area contributed by atoms with Crippen molar-refractivity contribution in [2.75, 3.05) is 0 Å². The van der Waals surface area contributed by atoms with E-state index in [0.29, 0.717) is 0 Å². The highest BCUT2D eigenvalue weighted by molar-refractivity contribution is 14.1. The SMILES string of the molecule is O=C=Nc1ccc(I)cc1F. The van der Waals surface area contributed by atoms with Crippen LogP contribution in [0.25, 0.3) is 0 Å². The monoisotopic (exact) mass is 263 g/mol.